The SMILES string of the molecule is CCOC(=O)c1cc(OCCOC)c(OCCOC)cc1NC1=CC(=O)N(CCO)C1=O. The molecule has 176 valence electrons. The van der Waals surface area contributed by atoms with Gasteiger partial charge in [0.15, 0.2) is 11.5 Å². The number of β-amino-alcohol motifs (C(OH)–C–C–N with tert-alkyl or cyclic N) is 1. The van der Waals surface area contributed by atoms with E-state index in [-0.39, 0.29) is 55.7 Å². The molecule has 2 N–H and O–H groups in total. The summed E-state index contributed by atoms with van der Waals surface area (Å²) in [5.41, 5.74) is 0.221. The van der Waals surface area contributed by atoms with Gasteiger partial charge in [-0.3, -0.25) is 14.5 Å². The first kappa shape index (κ1) is 25.1. The Morgan fingerprint density at radius 1 is 1.03 bits per heavy atom. The van der Waals surface area contributed by atoms with E-state index in [1.165, 1.54) is 26.4 Å². The number of methoxy groups -OCH3 is 2. The zero-order valence-corrected chi connectivity index (χ0v) is 18.3. The minimum atomic E-state index is -0.653. The third-order valence-corrected chi connectivity index (χ3v) is 4.27. The molecule has 0 radical (unpaired) electrons. The molecule has 0 saturated heterocycles. The number of aliphatic hydroxyl groups is 1. The lowest BCUT2D eigenvalue weighted by molar-refractivity contribution is -0.137. The predicted molar refractivity (Wildman–Crippen MR) is 113 cm³/mol. The number of esters is 1. The molecule has 0 aliphatic carbocycles. The number of benzene rings is 1. The summed E-state index contributed by atoms with van der Waals surface area (Å²) in [4.78, 5) is 38.1. The van der Waals surface area contributed by atoms with Crippen LogP contribution in [0.25, 0.3) is 0 Å². The maximum atomic E-state index is 12.6. The first-order valence-corrected chi connectivity index (χ1v) is 10.0. The van der Waals surface area contributed by atoms with Crippen molar-refractivity contribution in [1.82, 2.24) is 4.90 Å². The van der Waals surface area contributed by atoms with Crippen LogP contribution in [0.2, 0.25) is 0 Å². The van der Waals surface area contributed by atoms with Crippen molar-refractivity contribution in [1.29, 1.82) is 0 Å². The highest BCUT2D eigenvalue weighted by Gasteiger charge is 2.32. The van der Waals surface area contributed by atoms with E-state index in [4.69, 9.17) is 28.8 Å². The van der Waals surface area contributed by atoms with Gasteiger partial charge in [0.2, 0.25) is 0 Å². The fourth-order valence-electron chi connectivity index (χ4n) is 2.79. The van der Waals surface area contributed by atoms with Crippen molar-refractivity contribution >= 4 is 23.5 Å². The molecule has 2 amide bonds. The number of nitrogens with one attached hydrogen (secondary N) is 1. The van der Waals surface area contributed by atoms with Crippen LogP contribution in [-0.2, 0) is 23.8 Å². The van der Waals surface area contributed by atoms with Crippen LogP contribution in [0.15, 0.2) is 23.9 Å². The van der Waals surface area contributed by atoms with Gasteiger partial charge in [0.05, 0.1) is 44.2 Å². The number of hydrogen-bond acceptors (Lipinski definition) is 10. The van der Waals surface area contributed by atoms with Crippen molar-refractivity contribution in [3.63, 3.8) is 0 Å². The maximum absolute atomic E-state index is 12.6. The first-order valence-electron chi connectivity index (χ1n) is 10.0. The van der Waals surface area contributed by atoms with E-state index in [1.807, 2.05) is 0 Å². The number of anilines is 1. The number of ether oxygens (including phenoxy) is 5. The molecule has 32 heavy (non-hydrogen) atoms. The van der Waals surface area contributed by atoms with Crippen molar-refractivity contribution in [2.24, 2.45) is 0 Å². The first-order chi connectivity index (χ1) is 15.5. The zero-order chi connectivity index (χ0) is 23.5. The predicted octanol–water partition coefficient (Wildman–Crippen LogP) is 0.571. The smallest absolute Gasteiger partial charge is 0.340 e. The van der Waals surface area contributed by atoms with E-state index in [0.717, 1.165) is 11.0 Å². The average Bonchev–Trinajstić information content (AvgIpc) is 3.03. The van der Waals surface area contributed by atoms with E-state index >= 15 is 0 Å². The van der Waals surface area contributed by atoms with Crippen molar-refractivity contribution in [2.45, 2.75) is 6.92 Å². The maximum Gasteiger partial charge on any atom is 0.340 e. The zero-order valence-electron chi connectivity index (χ0n) is 18.3. The molecule has 0 unspecified atom stereocenters. The molecule has 1 aromatic carbocycles. The topological polar surface area (TPSA) is 133 Å². The standard InChI is InChI=1S/C21H28N2O9/c1-4-30-21(27)14-11-17(31-9-7-28-2)18(32-10-8-29-3)12-15(14)22-16-13-19(25)23(5-6-24)20(16)26/h11-13,22,24H,4-10H2,1-3H3. The van der Waals surface area contributed by atoms with Crippen molar-refractivity contribution in [3.05, 3.63) is 29.5 Å². The van der Waals surface area contributed by atoms with Crippen LogP contribution >= 0.6 is 0 Å². The van der Waals surface area contributed by atoms with Crippen molar-refractivity contribution in [2.75, 3.05) is 65.7 Å². The lowest BCUT2D eigenvalue weighted by Gasteiger charge is -2.18. The van der Waals surface area contributed by atoms with Gasteiger partial charge in [-0.2, -0.15) is 0 Å². The average molecular weight is 452 g/mol. The quantitative estimate of drug-likeness (QED) is 0.234. The summed E-state index contributed by atoms with van der Waals surface area (Å²) < 4.78 is 26.5. The summed E-state index contributed by atoms with van der Waals surface area (Å²) in [6.45, 7) is 2.34. The van der Waals surface area contributed by atoms with E-state index in [2.05, 4.69) is 5.32 Å². The lowest BCUT2D eigenvalue weighted by Crippen LogP contribution is -2.34. The number of hydrogen-bond donors (Lipinski definition) is 2. The van der Waals surface area contributed by atoms with E-state index in [9.17, 15) is 14.4 Å². The summed E-state index contributed by atoms with van der Waals surface area (Å²) in [5.74, 6) is -1.28. The van der Waals surface area contributed by atoms with Gasteiger partial charge in [0.25, 0.3) is 11.8 Å². The second-order valence-corrected chi connectivity index (χ2v) is 6.45. The molecule has 0 saturated carbocycles. The summed E-state index contributed by atoms with van der Waals surface area (Å²) in [6, 6.07) is 2.92. The molecule has 1 aliphatic heterocycles. The number of aliphatic hydroxyl groups excluding tert-OH is 1. The highest BCUT2D eigenvalue weighted by Crippen LogP contribution is 2.35. The number of rotatable bonds is 14. The minimum Gasteiger partial charge on any atom is -0.487 e. The molecule has 0 atom stereocenters. The Kier molecular flexibility index (Phi) is 9.92. The Morgan fingerprint density at radius 2 is 1.66 bits per heavy atom. The van der Waals surface area contributed by atoms with Crippen LogP contribution < -0.4 is 14.8 Å². The van der Waals surface area contributed by atoms with Crippen LogP contribution in [0.3, 0.4) is 0 Å². The van der Waals surface area contributed by atoms with Crippen molar-refractivity contribution in [3.8, 4) is 11.5 Å². The highest BCUT2D eigenvalue weighted by molar-refractivity contribution is 6.17. The number of nitrogens with zero attached hydrogens (tertiary/aromatic N) is 1. The molecule has 1 heterocycles. The molecule has 2 rings (SSSR count). The number of imide groups is 1. The molecule has 11 nitrogen and oxygen atoms in total. The van der Waals surface area contributed by atoms with Gasteiger partial charge < -0.3 is 34.1 Å². The van der Waals surface area contributed by atoms with Crippen LogP contribution in [0.1, 0.15) is 17.3 Å². The molecule has 0 fully saturated rings. The fourth-order valence-corrected chi connectivity index (χ4v) is 2.79. The molecule has 1 aliphatic rings. The molecular formula is C21H28N2O9. The molecule has 0 spiro atoms. The number of carbonyl (C=O) groups is 3. The van der Waals surface area contributed by atoms with Crippen LogP contribution in [-0.4, -0.2) is 88.2 Å². The van der Waals surface area contributed by atoms with Gasteiger partial charge >= 0.3 is 5.97 Å². The van der Waals surface area contributed by atoms with Gasteiger partial charge in [-0.1, -0.05) is 0 Å². The monoisotopic (exact) mass is 452 g/mol. The van der Waals surface area contributed by atoms with E-state index in [0.29, 0.717) is 19.0 Å². The summed E-state index contributed by atoms with van der Waals surface area (Å²) in [5, 5.41) is 11.9. The molecule has 11 heteroatoms. The van der Waals surface area contributed by atoms with Gasteiger partial charge in [-0.15, -0.1) is 0 Å². The fraction of sp³-hybridized carbons (Fsp3) is 0.476. The Labute approximate surface area is 185 Å². The minimum absolute atomic E-state index is 0.0510. The van der Waals surface area contributed by atoms with Crippen LogP contribution in [0.4, 0.5) is 5.69 Å². The molecular weight excluding hydrogens is 424 g/mol. The summed E-state index contributed by atoms with van der Waals surface area (Å²) in [7, 11) is 3.06. The van der Waals surface area contributed by atoms with E-state index in [1.54, 1.807) is 6.92 Å². The molecule has 0 aromatic heterocycles. The third kappa shape index (κ3) is 6.42. The summed E-state index contributed by atoms with van der Waals surface area (Å²) >= 11 is 0. The number of carbonyl (C=O) groups excluding carboxylic acids is 3. The Hall–Kier alpha value is -3.15. The Morgan fingerprint density at radius 3 is 2.22 bits per heavy atom. The van der Waals surface area contributed by atoms with Crippen molar-refractivity contribution < 1.29 is 43.2 Å². The van der Waals surface area contributed by atoms with Gasteiger partial charge in [-0.25, -0.2) is 4.79 Å². The largest absolute Gasteiger partial charge is 0.487 e. The van der Waals surface area contributed by atoms with Crippen LogP contribution in [0, 0.1) is 0 Å². The Bertz CT molecular complexity index is 854. The second-order valence-electron chi connectivity index (χ2n) is 6.45. The lowest BCUT2D eigenvalue weighted by atomic mass is 10.1. The highest BCUT2D eigenvalue weighted by atomic mass is 16.6. The molecule has 1 aromatic rings. The van der Waals surface area contributed by atoms with E-state index < -0.39 is 17.8 Å². The Balaban J connectivity index is 2.42. The van der Waals surface area contributed by atoms with Gasteiger partial charge in [-0.05, 0) is 6.92 Å². The third-order valence-electron chi connectivity index (χ3n) is 4.27. The summed E-state index contributed by atoms with van der Waals surface area (Å²) in [6.07, 6.45) is 1.10. The normalized spacial score (nSPS) is 13.2. The van der Waals surface area contributed by atoms with Gasteiger partial charge in [0.1, 0.15) is 18.9 Å². The van der Waals surface area contributed by atoms with Crippen LogP contribution in [0.5, 0.6) is 11.5 Å². The second kappa shape index (κ2) is 12.6. The number of amides is 2. The molecule has 0 bridgehead atoms. The van der Waals surface area contributed by atoms with Gasteiger partial charge in [0, 0.05) is 32.4 Å².